The number of nitrogens with one attached hydrogen (secondary N) is 2. The summed E-state index contributed by atoms with van der Waals surface area (Å²) in [5.41, 5.74) is 1.27. The zero-order chi connectivity index (χ0) is 13.5. The molecule has 2 N–H and O–H groups in total. The van der Waals surface area contributed by atoms with Crippen LogP contribution in [0, 0.1) is 5.92 Å². The molecule has 2 bridgehead atoms. The van der Waals surface area contributed by atoms with Crippen molar-refractivity contribution >= 4 is 16.8 Å². The number of H-pyrrole nitrogens is 1. The van der Waals surface area contributed by atoms with Crippen LogP contribution in [0.1, 0.15) is 23.3 Å². The Morgan fingerprint density at radius 3 is 3.00 bits per heavy atom. The van der Waals surface area contributed by atoms with Crippen molar-refractivity contribution in [1.82, 2.24) is 25.4 Å². The molecule has 5 rings (SSSR count). The molecule has 0 spiro atoms. The lowest BCUT2D eigenvalue weighted by molar-refractivity contribution is 0.0618. The van der Waals surface area contributed by atoms with Gasteiger partial charge in [0.2, 0.25) is 0 Å². The summed E-state index contributed by atoms with van der Waals surface area (Å²) >= 11 is 0. The molecule has 5 heterocycles. The molecule has 20 heavy (non-hydrogen) atoms. The third-order valence-electron chi connectivity index (χ3n) is 4.55. The first kappa shape index (κ1) is 11.8. The van der Waals surface area contributed by atoms with Gasteiger partial charge in [0.25, 0.3) is 5.91 Å². The fourth-order valence-corrected chi connectivity index (χ4v) is 3.40. The molecule has 1 amide bonds. The number of hydrogen-bond acceptors (Lipinski definition) is 4. The molecule has 3 fully saturated rings. The van der Waals surface area contributed by atoms with E-state index in [1.165, 1.54) is 25.9 Å². The molecule has 2 aromatic rings. The second-order valence-electron chi connectivity index (χ2n) is 5.71. The molecule has 104 valence electrons. The Morgan fingerprint density at radius 2 is 2.25 bits per heavy atom. The van der Waals surface area contributed by atoms with Gasteiger partial charge in [-0.2, -0.15) is 5.10 Å². The van der Waals surface area contributed by atoms with Crippen molar-refractivity contribution in [2.45, 2.75) is 18.9 Å². The molecular weight excluding hydrogens is 254 g/mol. The number of amides is 1. The number of rotatable bonds is 2. The van der Waals surface area contributed by atoms with Gasteiger partial charge in [-0.15, -0.1) is 0 Å². The number of nitrogens with zero attached hydrogens (tertiary/aromatic N) is 3. The molecule has 6 heteroatoms. The van der Waals surface area contributed by atoms with Crippen molar-refractivity contribution < 1.29 is 4.79 Å². The van der Waals surface area contributed by atoms with Gasteiger partial charge in [0, 0.05) is 24.2 Å². The molecular formula is C14H17N5O. The van der Waals surface area contributed by atoms with E-state index in [0.29, 0.717) is 11.6 Å². The zero-order valence-electron chi connectivity index (χ0n) is 11.2. The van der Waals surface area contributed by atoms with E-state index >= 15 is 0 Å². The van der Waals surface area contributed by atoms with Crippen LogP contribution in [0.2, 0.25) is 0 Å². The maximum Gasteiger partial charge on any atom is 0.272 e. The number of carbonyl (C=O) groups excluding carboxylic acids is 1. The minimum Gasteiger partial charge on any atom is -0.346 e. The van der Waals surface area contributed by atoms with Crippen LogP contribution in [0.4, 0.5) is 0 Å². The van der Waals surface area contributed by atoms with E-state index in [9.17, 15) is 4.79 Å². The first-order chi connectivity index (χ1) is 9.81. The Kier molecular flexibility index (Phi) is 2.70. The van der Waals surface area contributed by atoms with E-state index in [2.05, 4.69) is 25.4 Å². The molecule has 2 aromatic heterocycles. The second kappa shape index (κ2) is 4.56. The smallest absolute Gasteiger partial charge is 0.272 e. The predicted octanol–water partition coefficient (Wildman–Crippen LogP) is 0.782. The van der Waals surface area contributed by atoms with Crippen molar-refractivity contribution in [1.29, 1.82) is 0 Å². The predicted molar refractivity (Wildman–Crippen MR) is 74.3 cm³/mol. The van der Waals surface area contributed by atoms with Gasteiger partial charge in [-0.3, -0.25) is 14.9 Å². The second-order valence-corrected chi connectivity index (χ2v) is 5.71. The highest BCUT2D eigenvalue weighted by atomic mass is 16.2. The van der Waals surface area contributed by atoms with Crippen LogP contribution in [0.15, 0.2) is 18.5 Å². The van der Waals surface area contributed by atoms with Gasteiger partial charge in [0.15, 0.2) is 5.69 Å². The molecule has 0 aromatic carbocycles. The lowest BCUT2D eigenvalue weighted by Crippen LogP contribution is -2.57. The largest absolute Gasteiger partial charge is 0.346 e. The molecule has 3 aliphatic rings. The molecule has 0 unspecified atom stereocenters. The Morgan fingerprint density at radius 1 is 1.40 bits per heavy atom. The maximum atomic E-state index is 12.4. The molecule has 3 aliphatic heterocycles. The Balaban J connectivity index is 1.56. The topological polar surface area (TPSA) is 73.9 Å². The molecule has 1 atom stereocenters. The summed E-state index contributed by atoms with van der Waals surface area (Å²) in [5.74, 6) is 0.539. The number of aromatic nitrogens is 3. The third-order valence-corrected chi connectivity index (χ3v) is 4.55. The molecule has 0 radical (unpaired) electrons. The molecule has 0 aliphatic carbocycles. The SMILES string of the molecule is O=C(N[C@@H]1CN2CCC1CC2)c1n[nH]c2cnccc12. The van der Waals surface area contributed by atoms with Crippen LogP contribution in [-0.4, -0.2) is 51.7 Å². The Bertz CT molecular complexity index is 644. The standard InChI is InChI=1S/C14H17N5O/c20-14(13-10-1-4-15-7-11(10)17-18-13)16-12-8-19-5-2-9(12)3-6-19/h1,4,7,9,12H,2-3,5-6,8H2,(H,16,20)(H,17,18)/t12-/m1/s1. The summed E-state index contributed by atoms with van der Waals surface area (Å²) in [4.78, 5) is 18.9. The molecule has 0 saturated carbocycles. The fourth-order valence-electron chi connectivity index (χ4n) is 3.40. The van der Waals surface area contributed by atoms with Crippen LogP contribution < -0.4 is 5.32 Å². The van der Waals surface area contributed by atoms with Crippen LogP contribution in [-0.2, 0) is 0 Å². The number of aromatic amines is 1. The normalized spacial score (nSPS) is 28.7. The van der Waals surface area contributed by atoms with Crippen LogP contribution in [0.25, 0.3) is 10.9 Å². The lowest BCUT2D eigenvalue weighted by atomic mass is 9.84. The van der Waals surface area contributed by atoms with E-state index in [1.54, 1.807) is 12.4 Å². The van der Waals surface area contributed by atoms with Crippen LogP contribution in [0.5, 0.6) is 0 Å². The van der Waals surface area contributed by atoms with Gasteiger partial charge in [-0.05, 0) is 37.9 Å². The number of carbonyl (C=O) groups is 1. The van der Waals surface area contributed by atoms with Gasteiger partial charge < -0.3 is 10.2 Å². The molecule has 3 saturated heterocycles. The van der Waals surface area contributed by atoms with E-state index < -0.39 is 0 Å². The highest BCUT2D eigenvalue weighted by Gasteiger charge is 2.35. The number of pyridine rings is 1. The first-order valence-corrected chi connectivity index (χ1v) is 7.12. The summed E-state index contributed by atoms with van der Waals surface area (Å²) in [6.07, 6.45) is 5.75. The van der Waals surface area contributed by atoms with Crippen LogP contribution in [0.3, 0.4) is 0 Å². The van der Waals surface area contributed by atoms with E-state index in [0.717, 1.165) is 17.4 Å². The quantitative estimate of drug-likeness (QED) is 0.846. The summed E-state index contributed by atoms with van der Waals surface area (Å²) in [5, 5.41) is 11.0. The van der Waals surface area contributed by atoms with Crippen molar-refractivity contribution in [3.63, 3.8) is 0 Å². The monoisotopic (exact) mass is 271 g/mol. The highest BCUT2D eigenvalue weighted by molar-refractivity contribution is 6.04. The van der Waals surface area contributed by atoms with Gasteiger partial charge in [0.05, 0.1) is 11.7 Å². The van der Waals surface area contributed by atoms with Crippen LogP contribution >= 0.6 is 0 Å². The maximum absolute atomic E-state index is 12.4. The van der Waals surface area contributed by atoms with Gasteiger partial charge >= 0.3 is 0 Å². The van der Waals surface area contributed by atoms with Crippen molar-refractivity contribution in [3.05, 3.63) is 24.2 Å². The van der Waals surface area contributed by atoms with Crippen molar-refractivity contribution in [3.8, 4) is 0 Å². The van der Waals surface area contributed by atoms with Gasteiger partial charge in [0.1, 0.15) is 0 Å². The average molecular weight is 271 g/mol. The summed E-state index contributed by atoms with van der Waals surface area (Å²) in [7, 11) is 0. The summed E-state index contributed by atoms with van der Waals surface area (Å²) < 4.78 is 0. The average Bonchev–Trinajstić information content (AvgIpc) is 2.92. The minimum absolute atomic E-state index is 0.0822. The number of hydrogen-bond donors (Lipinski definition) is 2. The van der Waals surface area contributed by atoms with Crippen molar-refractivity contribution in [2.24, 2.45) is 5.92 Å². The van der Waals surface area contributed by atoms with Gasteiger partial charge in [-0.1, -0.05) is 0 Å². The van der Waals surface area contributed by atoms with Gasteiger partial charge in [-0.25, -0.2) is 0 Å². The zero-order valence-corrected chi connectivity index (χ0v) is 11.2. The van der Waals surface area contributed by atoms with E-state index in [4.69, 9.17) is 0 Å². The number of piperidine rings is 3. The van der Waals surface area contributed by atoms with E-state index in [-0.39, 0.29) is 11.9 Å². The first-order valence-electron chi connectivity index (χ1n) is 7.12. The third kappa shape index (κ3) is 1.87. The van der Waals surface area contributed by atoms with Crippen molar-refractivity contribution in [2.75, 3.05) is 19.6 Å². The van der Waals surface area contributed by atoms with E-state index in [1.807, 2.05) is 6.07 Å². The fraction of sp³-hybridized carbons (Fsp3) is 0.500. The Hall–Kier alpha value is -1.95. The summed E-state index contributed by atoms with van der Waals surface area (Å²) in [6.45, 7) is 3.32. The number of fused-ring (bicyclic) bond motifs is 4. The minimum atomic E-state index is -0.0822. The highest BCUT2D eigenvalue weighted by Crippen LogP contribution is 2.27. The lowest BCUT2D eigenvalue weighted by Gasteiger charge is -2.44. The molecule has 6 nitrogen and oxygen atoms in total. The summed E-state index contributed by atoms with van der Waals surface area (Å²) in [6, 6.07) is 2.09. The Labute approximate surface area is 116 Å².